The average Bonchev–Trinajstić information content (AvgIpc) is 2.96. The molecule has 2 heterocycles. The minimum absolute atomic E-state index is 0.0801. The Morgan fingerprint density at radius 1 is 1.50 bits per heavy atom. The molecule has 0 spiro atoms. The lowest BCUT2D eigenvalue weighted by Crippen LogP contribution is -2.25. The van der Waals surface area contributed by atoms with Crippen molar-refractivity contribution in [3.8, 4) is 0 Å². The molecule has 1 atom stereocenters. The Morgan fingerprint density at radius 2 is 2.30 bits per heavy atom. The number of aromatic nitrogens is 2. The van der Waals surface area contributed by atoms with E-state index in [1.54, 1.807) is 18.2 Å². The van der Waals surface area contributed by atoms with Crippen LogP contribution in [-0.2, 0) is 16.4 Å². The van der Waals surface area contributed by atoms with E-state index in [4.69, 9.17) is 11.6 Å². The Balaban J connectivity index is 1.94. The fraction of sp³-hybridized carbons (Fsp3) is 0.333. The quantitative estimate of drug-likeness (QED) is 0.863. The summed E-state index contributed by atoms with van der Waals surface area (Å²) < 4.78 is 28.2. The SMILES string of the molecule is CN(Cc1csnn1)C1CS(=O)(=O)c2ccc(Cl)cc21. The fourth-order valence-electron chi connectivity index (χ4n) is 2.43. The highest BCUT2D eigenvalue weighted by molar-refractivity contribution is 7.91. The molecule has 0 N–H and O–H groups in total. The first kappa shape index (κ1) is 13.9. The minimum Gasteiger partial charge on any atom is -0.292 e. The lowest BCUT2D eigenvalue weighted by molar-refractivity contribution is 0.254. The van der Waals surface area contributed by atoms with Gasteiger partial charge in [0.05, 0.1) is 22.4 Å². The van der Waals surface area contributed by atoms with Gasteiger partial charge in [-0.1, -0.05) is 16.1 Å². The number of rotatable bonds is 3. The molecule has 106 valence electrons. The zero-order chi connectivity index (χ0) is 14.3. The summed E-state index contributed by atoms with van der Waals surface area (Å²) in [5.41, 5.74) is 1.61. The van der Waals surface area contributed by atoms with Gasteiger partial charge in [0.2, 0.25) is 0 Å². The van der Waals surface area contributed by atoms with Crippen molar-refractivity contribution < 1.29 is 8.42 Å². The molecule has 2 aromatic rings. The summed E-state index contributed by atoms with van der Waals surface area (Å²) in [7, 11) is -1.34. The second-order valence-electron chi connectivity index (χ2n) is 4.79. The zero-order valence-electron chi connectivity index (χ0n) is 10.7. The highest BCUT2D eigenvalue weighted by atomic mass is 35.5. The Labute approximate surface area is 126 Å². The molecule has 0 aliphatic carbocycles. The third kappa shape index (κ3) is 2.46. The van der Waals surface area contributed by atoms with Crippen molar-refractivity contribution in [1.82, 2.24) is 14.5 Å². The smallest absolute Gasteiger partial charge is 0.180 e. The van der Waals surface area contributed by atoms with Crippen molar-refractivity contribution in [2.24, 2.45) is 0 Å². The highest BCUT2D eigenvalue weighted by Crippen LogP contribution is 2.38. The molecule has 0 fully saturated rings. The van der Waals surface area contributed by atoms with Crippen LogP contribution in [0, 0.1) is 0 Å². The summed E-state index contributed by atoms with van der Waals surface area (Å²) in [5, 5.41) is 6.40. The maximum atomic E-state index is 12.2. The second-order valence-corrected chi connectivity index (χ2v) is 7.84. The lowest BCUT2D eigenvalue weighted by Gasteiger charge is -2.23. The van der Waals surface area contributed by atoms with Crippen LogP contribution in [-0.4, -0.2) is 35.7 Å². The molecule has 20 heavy (non-hydrogen) atoms. The molecule has 0 amide bonds. The molecular formula is C12H12ClN3O2S2. The number of hydrogen-bond donors (Lipinski definition) is 0. The van der Waals surface area contributed by atoms with Crippen molar-refractivity contribution in [2.45, 2.75) is 17.5 Å². The normalized spacial score (nSPS) is 20.2. The van der Waals surface area contributed by atoms with Gasteiger partial charge in [0.15, 0.2) is 9.84 Å². The lowest BCUT2D eigenvalue weighted by atomic mass is 10.1. The third-order valence-electron chi connectivity index (χ3n) is 3.39. The Bertz CT molecular complexity index is 731. The van der Waals surface area contributed by atoms with E-state index >= 15 is 0 Å². The Kier molecular flexibility index (Phi) is 3.53. The number of benzene rings is 1. The Hall–Kier alpha value is -1.02. The molecule has 0 radical (unpaired) electrons. The van der Waals surface area contributed by atoms with Crippen LogP contribution in [0.25, 0.3) is 0 Å². The summed E-state index contributed by atoms with van der Waals surface area (Å²) in [4.78, 5) is 2.35. The van der Waals surface area contributed by atoms with Gasteiger partial charge >= 0.3 is 0 Å². The van der Waals surface area contributed by atoms with Gasteiger partial charge in [0, 0.05) is 16.9 Å². The van der Waals surface area contributed by atoms with Crippen LogP contribution < -0.4 is 0 Å². The molecule has 8 heteroatoms. The maximum absolute atomic E-state index is 12.2. The topological polar surface area (TPSA) is 63.2 Å². The van der Waals surface area contributed by atoms with Crippen LogP contribution in [0.2, 0.25) is 5.02 Å². The molecule has 0 bridgehead atoms. The van der Waals surface area contributed by atoms with E-state index in [2.05, 4.69) is 9.59 Å². The van der Waals surface area contributed by atoms with Gasteiger partial charge in [-0.25, -0.2) is 8.42 Å². The summed E-state index contributed by atoms with van der Waals surface area (Å²) in [6.45, 7) is 0.558. The van der Waals surface area contributed by atoms with Gasteiger partial charge in [0.25, 0.3) is 0 Å². The molecule has 1 aromatic heterocycles. The third-order valence-corrected chi connectivity index (χ3v) is 5.98. The van der Waals surface area contributed by atoms with Crippen LogP contribution in [0.3, 0.4) is 0 Å². The van der Waals surface area contributed by atoms with Crippen LogP contribution in [0.15, 0.2) is 28.5 Å². The van der Waals surface area contributed by atoms with E-state index in [-0.39, 0.29) is 11.8 Å². The van der Waals surface area contributed by atoms with Gasteiger partial charge in [-0.3, -0.25) is 4.90 Å². The summed E-state index contributed by atoms with van der Waals surface area (Å²) in [5.74, 6) is 0.0801. The first-order valence-corrected chi connectivity index (χ1v) is 8.82. The van der Waals surface area contributed by atoms with E-state index in [0.717, 1.165) is 11.3 Å². The molecular weight excluding hydrogens is 318 g/mol. The summed E-state index contributed by atoms with van der Waals surface area (Å²) >= 11 is 7.28. The van der Waals surface area contributed by atoms with Crippen LogP contribution in [0.5, 0.6) is 0 Å². The monoisotopic (exact) mass is 329 g/mol. The van der Waals surface area contributed by atoms with Crippen molar-refractivity contribution >= 4 is 33.0 Å². The van der Waals surface area contributed by atoms with Crippen molar-refractivity contribution in [2.75, 3.05) is 12.8 Å². The summed E-state index contributed by atoms with van der Waals surface area (Å²) in [6, 6.07) is 4.74. The number of hydrogen-bond acceptors (Lipinski definition) is 6. The first-order chi connectivity index (χ1) is 9.47. The molecule has 0 saturated carbocycles. The number of fused-ring (bicyclic) bond motifs is 1. The zero-order valence-corrected chi connectivity index (χ0v) is 13.0. The predicted molar refractivity (Wildman–Crippen MR) is 77.6 cm³/mol. The number of sulfone groups is 1. The minimum atomic E-state index is -3.23. The average molecular weight is 330 g/mol. The molecule has 0 saturated heterocycles. The van der Waals surface area contributed by atoms with Crippen LogP contribution >= 0.6 is 23.1 Å². The molecule has 1 aliphatic heterocycles. The van der Waals surface area contributed by atoms with E-state index in [1.165, 1.54) is 11.5 Å². The van der Waals surface area contributed by atoms with Crippen LogP contribution in [0.1, 0.15) is 17.3 Å². The first-order valence-electron chi connectivity index (χ1n) is 5.96. The van der Waals surface area contributed by atoms with Crippen molar-refractivity contribution in [3.05, 3.63) is 39.9 Å². The molecule has 1 aliphatic rings. The molecule has 1 unspecified atom stereocenters. The second kappa shape index (κ2) is 5.07. The van der Waals surface area contributed by atoms with Crippen LogP contribution in [0.4, 0.5) is 0 Å². The number of halogens is 1. The van der Waals surface area contributed by atoms with Gasteiger partial charge in [0.1, 0.15) is 0 Å². The van der Waals surface area contributed by atoms with E-state index < -0.39 is 9.84 Å². The molecule has 3 rings (SSSR count). The largest absolute Gasteiger partial charge is 0.292 e. The standard InChI is InChI=1S/C12H12ClN3O2S2/c1-16(5-9-6-19-15-14-9)11-7-20(17,18)12-3-2-8(13)4-10(11)12/h2-4,6,11H,5,7H2,1H3. The molecule has 1 aromatic carbocycles. The summed E-state index contributed by atoms with van der Waals surface area (Å²) in [6.07, 6.45) is 0. The maximum Gasteiger partial charge on any atom is 0.180 e. The predicted octanol–water partition coefficient (Wildman–Crippen LogP) is 2.15. The van der Waals surface area contributed by atoms with Gasteiger partial charge < -0.3 is 0 Å². The van der Waals surface area contributed by atoms with E-state index in [1.807, 2.05) is 17.3 Å². The van der Waals surface area contributed by atoms with E-state index in [0.29, 0.717) is 16.5 Å². The van der Waals surface area contributed by atoms with Crippen molar-refractivity contribution in [1.29, 1.82) is 0 Å². The van der Waals surface area contributed by atoms with Gasteiger partial charge in [-0.05, 0) is 42.3 Å². The Morgan fingerprint density at radius 3 is 3.00 bits per heavy atom. The highest BCUT2D eigenvalue weighted by Gasteiger charge is 2.37. The number of nitrogens with zero attached hydrogens (tertiary/aromatic N) is 3. The van der Waals surface area contributed by atoms with Gasteiger partial charge in [-0.15, -0.1) is 5.10 Å². The van der Waals surface area contributed by atoms with E-state index in [9.17, 15) is 8.42 Å². The van der Waals surface area contributed by atoms with Gasteiger partial charge in [-0.2, -0.15) is 0 Å². The molecule has 5 nitrogen and oxygen atoms in total. The van der Waals surface area contributed by atoms with Crippen molar-refractivity contribution in [3.63, 3.8) is 0 Å². The fourth-order valence-corrected chi connectivity index (χ4v) is 4.92.